The molecule has 4 nitrogen and oxygen atoms in total. The zero-order valence-electron chi connectivity index (χ0n) is 8.11. The van der Waals surface area contributed by atoms with Gasteiger partial charge in [-0.25, -0.2) is 4.79 Å². The lowest BCUT2D eigenvalue weighted by molar-refractivity contribution is -0.137. The Kier molecular flexibility index (Phi) is 3.34. The summed E-state index contributed by atoms with van der Waals surface area (Å²) in [6, 6.07) is 0. The molecule has 0 amide bonds. The third kappa shape index (κ3) is 2.16. The largest absolute Gasteiger partial charge is 0.465 e. The number of aliphatic imine (C=N–C) groups is 1. The van der Waals surface area contributed by atoms with Crippen LogP contribution in [0, 0.1) is 0 Å². The van der Waals surface area contributed by atoms with Gasteiger partial charge in [0, 0.05) is 6.21 Å². The molecule has 0 bridgehead atoms. The summed E-state index contributed by atoms with van der Waals surface area (Å²) in [5.74, 6) is -0.900. The number of esters is 1. The topological polar surface area (TPSA) is 55.7 Å². The summed E-state index contributed by atoms with van der Waals surface area (Å²) in [5.41, 5.74) is 0.687. The first-order valence-corrected chi connectivity index (χ1v) is 4.15. The van der Waals surface area contributed by atoms with Crippen molar-refractivity contribution in [2.24, 2.45) is 4.99 Å². The summed E-state index contributed by atoms with van der Waals surface area (Å²) in [7, 11) is 1.25. The van der Waals surface area contributed by atoms with E-state index >= 15 is 0 Å². The standard InChI is InChI=1S/C10H11NO3/c1-7(12)9(10(13)14-2)8-4-3-5-11-6-8/h3-5H,6H2,1-2H3. The predicted octanol–water partition coefficient (Wildman–Crippen LogP) is 0.686. The summed E-state index contributed by atoms with van der Waals surface area (Å²) >= 11 is 0. The average molecular weight is 193 g/mol. The van der Waals surface area contributed by atoms with E-state index in [4.69, 9.17) is 0 Å². The maximum atomic E-state index is 11.3. The van der Waals surface area contributed by atoms with Gasteiger partial charge in [0.25, 0.3) is 0 Å². The third-order valence-electron chi connectivity index (χ3n) is 1.81. The number of ether oxygens (including phenoxy) is 1. The molecule has 0 aliphatic carbocycles. The Balaban J connectivity index is 3.09. The third-order valence-corrected chi connectivity index (χ3v) is 1.81. The molecule has 0 N–H and O–H groups in total. The van der Waals surface area contributed by atoms with Crippen molar-refractivity contribution < 1.29 is 14.3 Å². The lowest BCUT2D eigenvalue weighted by Gasteiger charge is -2.07. The van der Waals surface area contributed by atoms with Crippen molar-refractivity contribution in [3.05, 3.63) is 23.3 Å². The van der Waals surface area contributed by atoms with E-state index in [1.54, 1.807) is 18.4 Å². The van der Waals surface area contributed by atoms with Gasteiger partial charge in [0.15, 0.2) is 5.78 Å². The van der Waals surface area contributed by atoms with E-state index in [-0.39, 0.29) is 11.4 Å². The number of rotatable bonds is 2. The number of carbonyl (C=O) groups is 2. The van der Waals surface area contributed by atoms with Crippen LogP contribution in [-0.2, 0) is 14.3 Å². The van der Waals surface area contributed by atoms with Crippen molar-refractivity contribution in [1.29, 1.82) is 0 Å². The van der Waals surface area contributed by atoms with E-state index in [0.717, 1.165) is 0 Å². The number of carbonyl (C=O) groups excluding carboxylic acids is 2. The molecular formula is C10H11NO3. The maximum absolute atomic E-state index is 11.3. The molecular weight excluding hydrogens is 182 g/mol. The fourth-order valence-electron chi connectivity index (χ4n) is 1.19. The highest BCUT2D eigenvalue weighted by Gasteiger charge is 2.19. The molecule has 0 saturated carbocycles. The normalized spacial score (nSPS) is 17.9. The Bertz CT molecular complexity index is 350. The molecule has 0 aromatic carbocycles. The second-order valence-electron chi connectivity index (χ2n) is 2.80. The Morgan fingerprint density at radius 3 is 2.64 bits per heavy atom. The zero-order chi connectivity index (χ0) is 10.6. The molecule has 1 aliphatic rings. The minimum absolute atomic E-state index is 0.0839. The van der Waals surface area contributed by atoms with E-state index in [1.807, 2.05) is 0 Å². The first kappa shape index (κ1) is 10.4. The van der Waals surface area contributed by atoms with Crippen LogP contribution in [-0.4, -0.2) is 31.6 Å². The van der Waals surface area contributed by atoms with Crippen LogP contribution in [0.2, 0.25) is 0 Å². The van der Waals surface area contributed by atoms with Gasteiger partial charge in [-0.1, -0.05) is 6.08 Å². The van der Waals surface area contributed by atoms with Crippen molar-refractivity contribution >= 4 is 18.0 Å². The van der Waals surface area contributed by atoms with Gasteiger partial charge in [-0.2, -0.15) is 0 Å². The minimum Gasteiger partial charge on any atom is -0.465 e. The van der Waals surface area contributed by atoms with E-state index in [9.17, 15) is 9.59 Å². The Labute approximate surface area is 82.0 Å². The fourth-order valence-corrected chi connectivity index (χ4v) is 1.19. The first-order valence-electron chi connectivity index (χ1n) is 4.15. The molecule has 0 unspecified atom stereocenters. The number of Topliss-reactive ketones (excluding diaryl/α,β-unsaturated/α-hetero) is 1. The van der Waals surface area contributed by atoms with Crippen molar-refractivity contribution in [3.8, 4) is 0 Å². The van der Waals surface area contributed by atoms with Crippen molar-refractivity contribution in [3.63, 3.8) is 0 Å². The van der Waals surface area contributed by atoms with Crippen LogP contribution in [0.4, 0.5) is 0 Å². The summed E-state index contributed by atoms with van der Waals surface area (Å²) in [6.45, 7) is 1.69. The van der Waals surface area contributed by atoms with E-state index < -0.39 is 5.97 Å². The number of dihydropyridines is 1. The SMILES string of the molecule is COC(=O)C(C(C)=O)=C1C=CC=NC1. The quantitative estimate of drug-likeness (QED) is 0.280. The number of hydrogen-bond acceptors (Lipinski definition) is 4. The highest BCUT2D eigenvalue weighted by molar-refractivity contribution is 6.17. The minimum atomic E-state index is -0.603. The van der Waals surface area contributed by atoms with E-state index in [0.29, 0.717) is 12.1 Å². The molecule has 0 saturated heterocycles. The van der Waals surface area contributed by atoms with Gasteiger partial charge in [-0.3, -0.25) is 9.79 Å². The second-order valence-corrected chi connectivity index (χ2v) is 2.80. The van der Waals surface area contributed by atoms with Crippen molar-refractivity contribution in [2.75, 3.05) is 13.7 Å². The summed E-state index contributed by atoms with van der Waals surface area (Å²) in [6.07, 6.45) is 5.00. The lowest BCUT2D eigenvalue weighted by Crippen LogP contribution is -2.15. The fraction of sp³-hybridized carbons (Fsp3) is 0.300. The molecule has 0 atom stereocenters. The Hall–Kier alpha value is -1.71. The van der Waals surface area contributed by atoms with Crippen LogP contribution >= 0.6 is 0 Å². The molecule has 1 rings (SSSR count). The van der Waals surface area contributed by atoms with Gasteiger partial charge in [-0.15, -0.1) is 0 Å². The summed E-state index contributed by atoms with van der Waals surface area (Å²) < 4.78 is 4.52. The first-order chi connectivity index (χ1) is 6.66. The van der Waals surface area contributed by atoms with Crippen LogP contribution in [0.15, 0.2) is 28.3 Å². The highest BCUT2D eigenvalue weighted by atomic mass is 16.5. The van der Waals surface area contributed by atoms with Gasteiger partial charge < -0.3 is 4.74 Å². The predicted molar refractivity (Wildman–Crippen MR) is 52.2 cm³/mol. The second kappa shape index (κ2) is 4.50. The highest BCUT2D eigenvalue weighted by Crippen LogP contribution is 2.12. The molecule has 0 aromatic heterocycles. The summed E-state index contributed by atoms with van der Waals surface area (Å²) in [4.78, 5) is 26.4. The molecule has 1 heterocycles. The van der Waals surface area contributed by atoms with Crippen molar-refractivity contribution in [1.82, 2.24) is 0 Å². The van der Waals surface area contributed by atoms with Gasteiger partial charge in [0.2, 0.25) is 0 Å². The van der Waals surface area contributed by atoms with Gasteiger partial charge in [0.1, 0.15) is 5.57 Å². The van der Waals surface area contributed by atoms with Crippen LogP contribution in [0.5, 0.6) is 0 Å². The number of ketones is 1. The molecule has 1 aliphatic heterocycles. The molecule has 0 fully saturated rings. The molecule has 0 aromatic rings. The molecule has 4 heteroatoms. The summed E-state index contributed by atoms with van der Waals surface area (Å²) in [5, 5.41) is 0. The van der Waals surface area contributed by atoms with Gasteiger partial charge in [-0.05, 0) is 18.6 Å². The van der Waals surface area contributed by atoms with Crippen LogP contribution < -0.4 is 0 Å². The monoisotopic (exact) mass is 193 g/mol. The van der Waals surface area contributed by atoms with Gasteiger partial charge >= 0.3 is 5.97 Å². The maximum Gasteiger partial charge on any atom is 0.341 e. The Morgan fingerprint density at radius 2 is 2.21 bits per heavy atom. The van der Waals surface area contributed by atoms with Crippen molar-refractivity contribution in [2.45, 2.75) is 6.92 Å². The number of allylic oxidation sites excluding steroid dienone is 1. The smallest absolute Gasteiger partial charge is 0.341 e. The van der Waals surface area contributed by atoms with Crippen LogP contribution in [0.1, 0.15) is 6.92 Å². The van der Waals surface area contributed by atoms with E-state index in [1.165, 1.54) is 14.0 Å². The number of methoxy groups -OCH3 is 1. The molecule has 0 spiro atoms. The molecule has 74 valence electrons. The van der Waals surface area contributed by atoms with Gasteiger partial charge in [0.05, 0.1) is 13.7 Å². The zero-order valence-corrected chi connectivity index (χ0v) is 8.11. The van der Waals surface area contributed by atoms with Crippen LogP contribution in [0.3, 0.4) is 0 Å². The molecule has 14 heavy (non-hydrogen) atoms. The number of hydrogen-bond donors (Lipinski definition) is 0. The average Bonchev–Trinajstić information content (AvgIpc) is 2.19. The Morgan fingerprint density at radius 1 is 1.50 bits per heavy atom. The number of nitrogens with zero attached hydrogens (tertiary/aromatic N) is 1. The van der Waals surface area contributed by atoms with Crippen LogP contribution in [0.25, 0.3) is 0 Å². The lowest BCUT2D eigenvalue weighted by atomic mass is 10.0. The molecule has 0 radical (unpaired) electrons. The van der Waals surface area contributed by atoms with E-state index in [2.05, 4.69) is 9.73 Å².